The van der Waals surface area contributed by atoms with E-state index in [1.807, 2.05) is 24.3 Å². The van der Waals surface area contributed by atoms with Gasteiger partial charge < -0.3 is 9.47 Å². The molecule has 0 bridgehead atoms. The van der Waals surface area contributed by atoms with Crippen molar-refractivity contribution in [2.75, 3.05) is 27.4 Å². The summed E-state index contributed by atoms with van der Waals surface area (Å²) in [6, 6.07) is 9.72. The minimum atomic E-state index is -0.323. The van der Waals surface area contributed by atoms with E-state index in [2.05, 4.69) is 11.4 Å². The Kier molecular flexibility index (Phi) is 6.26. The van der Waals surface area contributed by atoms with Gasteiger partial charge in [0.25, 0.3) is 0 Å². The first kappa shape index (κ1) is 13.7. The smallest absolute Gasteiger partial charge is 0.121 e. The van der Waals surface area contributed by atoms with Crippen LogP contribution in [0.15, 0.2) is 24.3 Å². The fourth-order valence-electron chi connectivity index (χ4n) is 1.63. The summed E-state index contributed by atoms with van der Waals surface area (Å²) in [5, 5.41) is 12.3. The number of rotatable bonds is 7. The Hall–Kier alpha value is -1.41. The maximum Gasteiger partial charge on any atom is 0.121 e. The normalized spacial score (nSPS) is 12.1. The summed E-state index contributed by atoms with van der Waals surface area (Å²) in [6.07, 6.45) is 0. The number of nitrogens with one attached hydrogen (secondary N) is 1. The highest BCUT2D eigenvalue weighted by Crippen LogP contribution is 2.18. The zero-order valence-corrected chi connectivity index (χ0v) is 10.3. The summed E-state index contributed by atoms with van der Waals surface area (Å²) in [4.78, 5) is 0. The fraction of sp³-hybridized carbons (Fsp3) is 0.462. The molecule has 0 heterocycles. The van der Waals surface area contributed by atoms with Crippen LogP contribution in [0.3, 0.4) is 0 Å². The van der Waals surface area contributed by atoms with E-state index in [1.54, 1.807) is 14.2 Å². The average molecular weight is 234 g/mol. The third-order valence-electron chi connectivity index (χ3n) is 2.45. The second-order valence-electron chi connectivity index (χ2n) is 3.64. The van der Waals surface area contributed by atoms with Crippen molar-refractivity contribution in [3.63, 3.8) is 0 Å². The maximum atomic E-state index is 9.18. The van der Waals surface area contributed by atoms with Crippen LogP contribution in [0.5, 0.6) is 0 Å². The number of benzene rings is 1. The van der Waals surface area contributed by atoms with E-state index in [9.17, 15) is 5.26 Å². The Balaban J connectivity index is 2.76. The zero-order chi connectivity index (χ0) is 12.5. The summed E-state index contributed by atoms with van der Waals surface area (Å²) in [5.74, 6) is 0. The van der Waals surface area contributed by atoms with Gasteiger partial charge in [0, 0.05) is 20.8 Å². The van der Waals surface area contributed by atoms with E-state index in [4.69, 9.17) is 9.47 Å². The van der Waals surface area contributed by atoms with E-state index < -0.39 is 0 Å². The Morgan fingerprint density at radius 3 is 2.71 bits per heavy atom. The van der Waals surface area contributed by atoms with Crippen molar-refractivity contribution in [2.45, 2.75) is 12.6 Å². The SMILES string of the molecule is COCCNC(C#N)c1ccccc1COC. The van der Waals surface area contributed by atoms with Gasteiger partial charge in [-0.3, -0.25) is 5.32 Å². The van der Waals surface area contributed by atoms with E-state index in [-0.39, 0.29) is 6.04 Å². The Labute approximate surface area is 102 Å². The minimum absolute atomic E-state index is 0.323. The van der Waals surface area contributed by atoms with Gasteiger partial charge in [0.2, 0.25) is 0 Å². The van der Waals surface area contributed by atoms with Crippen LogP contribution in [0.2, 0.25) is 0 Å². The minimum Gasteiger partial charge on any atom is -0.383 e. The van der Waals surface area contributed by atoms with Gasteiger partial charge in [0.05, 0.1) is 19.3 Å². The summed E-state index contributed by atoms with van der Waals surface area (Å²) in [7, 11) is 3.29. The molecular weight excluding hydrogens is 216 g/mol. The van der Waals surface area contributed by atoms with Crippen LogP contribution in [0.1, 0.15) is 17.2 Å². The van der Waals surface area contributed by atoms with Crippen LogP contribution < -0.4 is 5.32 Å². The second kappa shape index (κ2) is 7.80. The summed E-state index contributed by atoms with van der Waals surface area (Å²) >= 11 is 0. The van der Waals surface area contributed by atoms with Gasteiger partial charge >= 0.3 is 0 Å². The van der Waals surface area contributed by atoms with Crippen LogP contribution in [0, 0.1) is 11.3 Å². The fourth-order valence-corrected chi connectivity index (χ4v) is 1.63. The summed E-state index contributed by atoms with van der Waals surface area (Å²) < 4.78 is 10.1. The summed E-state index contributed by atoms with van der Waals surface area (Å²) in [6.45, 7) is 1.75. The molecule has 0 spiro atoms. The molecule has 4 heteroatoms. The van der Waals surface area contributed by atoms with Gasteiger partial charge in [-0.25, -0.2) is 0 Å². The predicted octanol–water partition coefficient (Wildman–Crippen LogP) is 1.63. The molecule has 0 amide bonds. The maximum absolute atomic E-state index is 9.18. The zero-order valence-electron chi connectivity index (χ0n) is 10.3. The van der Waals surface area contributed by atoms with Crippen LogP contribution >= 0.6 is 0 Å². The summed E-state index contributed by atoms with van der Waals surface area (Å²) in [5.41, 5.74) is 2.00. The van der Waals surface area contributed by atoms with Crippen LogP contribution in [0.25, 0.3) is 0 Å². The molecular formula is C13H18N2O2. The van der Waals surface area contributed by atoms with Crippen molar-refractivity contribution in [3.8, 4) is 6.07 Å². The van der Waals surface area contributed by atoms with Gasteiger partial charge in [-0.05, 0) is 11.1 Å². The molecule has 0 saturated carbocycles. The van der Waals surface area contributed by atoms with Crippen molar-refractivity contribution in [1.82, 2.24) is 5.32 Å². The van der Waals surface area contributed by atoms with Crippen molar-refractivity contribution in [2.24, 2.45) is 0 Å². The van der Waals surface area contributed by atoms with Crippen molar-refractivity contribution < 1.29 is 9.47 Å². The quantitative estimate of drug-likeness (QED) is 0.729. The third kappa shape index (κ3) is 4.16. The lowest BCUT2D eigenvalue weighted by Crippen LogP contribution is -2.24. The van der Waals surface area contributed by atoms with Crippen molar-refractivity contribution in [3.05, 3.63) is 35.4 Å². The lowest BCUT2D eigenvalue weighted by Gasteiger charge is -2.15. The topological polar surface area (TPSA) is 54.3 Å². The monoisotopic (exact) mass is 234 g/mol. The van der Waals surface area contributed by atoms with Gasteiger partial charge in [-0.1, -0.05) is 24.3 Å². The molecule has 17 heavy (non-hydrogen) atoms. The molecule has 4 nitrogen and oxygen atoms in total. The van der Waals surface area contributed by atoms with Gasteiger partial charge in [-0.15, -0.1) is 0 Å². The van der Waals surface area contributed by atoms with E-state index in [1.165, 1.54) is 0 Å². The lowest BCUT2D eigenvalue weighted by molar-refractivity contribution is 0.183. The molecule has 0 aromatic heterocycles. The molecule has 1 atom stereocenters. The molecule has 1 N–H and O–H groups in total. The van der Waals surface area contributed by atoms with Crippen LogP contribution in [-0.4, -0.2) is 27.4 Å². The molecule has 0 aliphatic heterocycles. The molecule has 0 saturated heterocycles. The number of hydrogen-bond acceptors (Lipinski definition) is 4. The first-order valence-electron chi connectivity index (χ1n) is 5.52. The van der Waals surface area contributed by atoms with Gasteiger partial charge in [0.1, 0.15) is 6.04 Å². The number of methoxy groups -OCH3 is 2. The largest absolute Gasteiger partial charge is 0.383 e. The van der Waals surface area contributed by atoms with E-state index in [0.29, 0.717) is 19.8 Å². The number of nitrogens with zero attached hydrogens (tertiary/aromatic N) is 1. The second-order valence-corrected chi connectivity index (χ2v) is 3.64. The Morgan fingerprint density at radius 2 is 2.06 bits per heavy atom. The van der Waals surface area contributed by atoms with Gasteiger partial charge in [-0.2, -0.15) is 5.26 Å². The highest BCUT2D eigenvalue weighted by atomic mass is 16.5. The molecule has 0 radical (unpaired) electrons. The van der Waals surface area contributed by atoms with E-state index in [0.717, 1.165) is 11.1 Å². The van der Waals surface area contributed by atoms with Crippen LogP contribution in [0.4, 0.5) is 0 Å². The molecule has 0 aliphatic carbocycles. The van der Waals surface area contributed by atoms with E-state index >= 15 is 0 Å². The molecule has 1 unspecified atom stereocenters. The highest BCUT2D eigenvalue weighted by Gasteiger charge is 2.13. The first-order valence-corrected chi connectivity index (χ1v) is 5.52. The molecule has 1 aromatic rings. The molecule has 1 aromatic carbocycles. The molecule has 0 fully saturated rings. The average Bonchev–Trinajstić information content (AvgIpc) is 2.36. The Morgan fingerprint density at radius 1 is 1.29 bits per heavy atom. The first-order chi connectivity index (χ1) is 8.33. The van der Waals surface area contributed by atoms with Gasteiger partial charge in [0.15, 0.2) is 0 Å². The molecule has 92 valence electrons. The Bertz CT molecular complexity index is 374. The van der Waals surface area contributed by atoms with Crippen LogP contribution in [-0.2, 0) is 16.1 Å². The predicted molar refractivity (Wildman–Crippen MR) is 65.4 cm³/mol. The molecule has 1 rings (SSSR count). The highest BCUT2D eigenvalue weighted by molar-refractivity contribution is 5.32. The van der Waals surface area contributed by atoms with Crippen molar-refractivity contribution in [1.29, 1.82) is 5.26 Å². The third-order valence-corrected chi connectivity index (χ3v) is 2.45. The number of hydrogen-bond donors (Lipinski definition) is 1. The standard InChI is InChI=1S/C13H18N2O2/c1-16-8-7-15-13(9-14)12-6-4-3-5-11(12)10-17-2/h3-6,13,15H,7-8,10H2,1-2H3. The lowest BCUT2D eigenvalue weighted by atomic mass is 10.0. The van der Waals surface area contributed by atoms with Crippen molar-refractivity contribution >= 4 is 0 Å². The number of ether oxygens (including phenoxy) is 2. The number of nitriles is 1. The molecule has 0 aliphatic rings.